The maximum atomic E-state index is 12.5. The molecule has 1 fully saturated rings. The standard InChI is InChI=1S/C13H17F3N2O/c14-13(15,16)11-1-3-12(4-2-11)18-7-5-17(6-8-18)9-10-19/h1-4,19H,5-10H2. The first-order chi connectivity index (χ1) is 9.00. The highest BCUT2D eigenvalue weighted by atomic mass is 19.4. The highest BCUT2D eigenvalue weighted by Gasteiger charge is 2.30. The van der Waals surface area contributed by atoms with Crippen molar-refractivity contribution in [3.05, 3.63) is 29.8 Å². The Morgan fingerprint density at radius 2 is 1.58 bits per heavy atom. The van der Waals surface area contributed by atoms with Gasteiger partial charge in [-0.05, 0) is 24.3 Å². The Hall–Kier alpha value is -1.27. The molecule has 1 aliphatic rings. The molecular formula is C13H17F3N2O. The molecule has 0 radical (unpaired) electrons. The van der Waals surface area contributed by atoms with Crippen LogP contribution in [0.15, 0.2) is 24.3 Å². The first kappa shape index (κ1) is 14.1. The van der Waals surface area contributed by atoms with E-state index < -0.39 is 11.7 Å². The average Bonchev–Trinajstić information content (AvgIpc) is 2.39. The topological polar surface area (TPSA) is 26.7 Å². The minimum absolute atomic E-state index is 0.139. The highest BCUT2D eigenvalue weighted by molar-refractivity contribution is 5.48. The molecule has 0 spiro atoms. The molecule has 106 valence electrons. The van der Waals surface area contributed by atoms with E-state index in [1.165, 1.54) is 12.1 Å². The maximum absolute atomic E-state index is 12.5. The van der Waals surface area contributed by atoms with Crippen molar-refractivity contribution in [2.45, 2.75) is 6.18 Å². The van der Waals surface area contributed by atoms with Crippen molar-refractivity contribution in [1.82, 2.24) is 4.90 Å². The Labute approximate surface area is 110 Å². The smallest absolute Gasteiger partial charge is 0.395 e. The van der Waals surface area contributed by atoms with Crippen LogP contribution in [0.5, 0.6) is 0 Å². The van der Waals surface area contributed by atoms with Crippen LogP contribution in [0.4, 0.5) is 18.9 Å². The molecule has 1 aromatic carbocycles. The van der Waals surface area contributed by atoms with Gasteiger partial charge in [-0.25, -0.2) is 0 Å². The van der Waals surface area contributed by atoms with Crippen LogP contribution >= 0.6 is 0 Å². The van der Waals surface area contributed by atoms with Crippen molar-refractivity contribution in [1.29, 1.82) is 0 Å². The average molecular weight is 274 g/mol. The van der Waals surface area contributed by atoms with Gasteiger partial charge in [-0.3, -0.25) is 4.90 Å². The van der Waals surface area contributed by atoms with E-state index in [1.54, 1.807) is 0 Å². The Balaban J connectivity index is 1.97. The van der Waals surface area contributed by atoms with Crippen LogP contribution in [0.1, 0.15) is 5.56 Å². The van der Waals surface area contributed by atoms with Gasteiger partial charge in [0.15, 0.2) is 0 Å². The summed E-state index contributed by atoms with van der Waals surface area (Å²) in [7, 11) is 0. The highest BCUT2D eigenvalue weighted by Crippen LogP contribution is 2.30. The van der Waals surface area contributed by atoms with Gasteiger partial charge < -0.3 is 10.0 Å². The molecule has 0 aliphatic carbocycles. The second-order valence-corrected chi connectivity index (χ2v) is 4.60. The number of hydrogen-bond acceptors (Lipinski definition) is 3. The fourth-order valence-electron chi connectivity index (χ4n) is 2.23. The molecule has 2 rings (SSSR count). The van der Waals surface area contributed by atoms with Gasteiger partial charge in [0.25, 0.3) is 0 Å². The third-order valence-electron chi connectivity index (χ3n) is 3.35. The summed E-state index contributed by atoms with van der Waals surface area (Å²) in [4.78, 5) is 4.20. The van der Waals surface area contributed by atoms with Gasteiger partial charge in [-0.15, -0.1) is 0 Å². The normalized spacial score (nSPS) is 17.8. The lowest BCUT2D eigenvalue weighted by Gasteiger charge is -2.35. The zero-order valence-corrected chi connectivity index (χ0v) is 10.5. The minimum atomic E-state index is -4.28. The molecule has 6 heteroatoms. The van der Waals surface area contributed by atoms with Crippen LogP contribution in [-0.2, 0) is 6.18 Å². The molecule has 1 aliphatic heterocycles. The number of aliphatic hydroxyl groups is 1. The van der Waals surface area contributed by atoms with Crippen LogP contribution in [-0.4, -0.2) is 49.3 Å². The van der Waals surface area contributed by atoms with Gasteiger partial charge >= 0.3 is 6.18 Å². The van der Waals surface area contributed by atoms with Crippen molar-refractivity contribution < 1.29 is 18.3 Å². The fourth-order valence-corrected chi connectivity index (χ4v) is 2.23. The number of rotatable bonds is 3. The van der Waals surface area contributed by atoms with Crippen molar-refractivity contribution in [2.24, 2.45) is 0 Å². The van der Waals surface area contributed by atoms with Crippen LogP contribution in [0.25, 0.3) is 0 Å². The zero-order valence-electron chi connectivity index (χ0n) is 10.5. The first-order valence-electron chi connectivity index (χ1n) is 6.26. The predicted octanol–water partition coefficient (Wildman–Crippen LogP) is 1.82. The Morgan fingerprint density at radius 1 is 1.00 bits per heavy atom. The van der Waals surface area contributed by atoms with E-state index in [2.05, 4.69) is 9.80 Å². The molecule has 0 bridgehead atoms. The molecule has 0 atom stereocenters. The van der Waals surface area contributed by atoms with Crippen molar-refractivity contribution in [3.8, 4) is 0 Å². The van der Waals surface area contributed by atoms with E-state index in [-0.39, 0.29) is 6.61 Å². The number of benzene rings is 1. The summed E-state index contributed by atoms with van der Waals surface area (Å²) in [5, 5.41) is 8.85. The molecule has 19 heavy (non-hydrogen) atoms. The number of hydrogen-bond donors (Lipinski definition) is 1. The van der Waals surface area contributed by atoms with Crippen molar-refractivity contribution >= 4 is 5.69 Å². The van der Waals surface area contributed by atoms with Crippen LogP contribution < -0.4 is 4.90 Å². The SMILES string of the molecule is OCCN1CCN(c2ccc(C(F)(F)F)cc2)CC1. The molecule has 0 saturated carbocycles. The molecule has 1 aromatic rings. The monoisotopic (exact) mass is 274 g/mol. The Morgan fingerprint density at radius 3 is 2.05 bits per heavy atom. The van der Waals surface area contributed by atoms with E-state index >= 15 is 0 Å². The summed E-state index contributed by atoms with van der Waals surface area (Å²) >= 11 is 0. The lowest BCUT2D eigenvalue weighted by Crippen LogP contribution is -2.47. The van der Waals surface area contributed by atoms with E-state index in [9.17, 15) is 13.2 Å². The summed E-state index contributed by atoms with van der Waals surface area (Å²) in [6.07, 6.45) is -4.28. The summed E-state index contributed by atoms with van der Waals surface area (Å²) in [5.74, 6) is 0. The van der Waals surface area contributed by atoms with Gasteiger partial charge in [0.1, 0.15) is 0 Å². The van der Waals surface area contributed by atoms with E-state index in [0.29, 0.717) is 6.54 Å². The number of piperazine rings is 1. The third kappa shape index (κ3) is 3.61. The minimum Gasteiger partial charge on any atom is -0.395 e. The number of nitrogens with zero attached hydrogens (tertiary/aromatic N) is 2. The Bertz CT molecular complexity index is 397. The number of β-amino-alcohol motifs (C(OH)–C–C–N with tert-alkyl or cyclic N) is 1. The Kier molecular flexibility index (Phi) is 4.31. The molecular weight excluding hydrogens is 257 g/mol. The quantitative estimate of drug-likeness (QED) is 0.911. The molecule has 3 nitrogen and oxygen atoms in total. The predicted molar refractivity (Wildman–Crippen MR) is 67.2 cm³/mol. The summed E-state index contributed by atoms with van der Waals surface area (Å²) in [6, 6.07) is 5.28. The van der Waals surface area contributed by atoms with Crippen LogP contribution in [0.2, 0.25) is 0 Å². The van der Waals surface area contributed by atoms with E-state index in [1.807, 2.05) is 0 Å². The van der Waals surface area contributed by atoms with Crippen LogP contribution in [0.3, 0.4) is 0 Å². The molecule has 1 N–H and O–H groups in total. The third-order valence-corrected chi connectivity index (χ3v) is 3.35. The van der Waals surface area contributed by atoms with Crippen molar-refractivity contribution in [3.63, 3.8) is 0 Å². The molecule has 1 heterocycles. The largest absolute Gasteiger partial charge is 0.416 e. The summed E-state index contributed by atoms with van der Waals surface area (Å²) in [5.41, 5.74) is 0.201. The molecule has 0 amide bonds. The van der Waals surface area contributed by atoms with E-state index in [0.717, 1.165) is 44.0 Å². The van der Waals surface area contributed by atoms with E-state index in [4.69, 9.17) is 5.11 Å². The maximum Gasteiger partial charge on any atom is 0.416 e. The summed E-state index contributed by atoms with van der Waals surface area (Å²) in [6.45, 7) is 3.97. The molecule has 0 unspecified atom stereocenters. The first-order valence-corrected chi connectivity index (χ1v) is 6.26. The second kappa shape index (κ2) is 5.79. The molecule has 0 aromatic heterocycles. The fraction of sp³-hybridized carbons (Fsp3) is 0.538. The lowest BCUT2D eigenvalue weighted by molar-refractivity contribution is -0.137. The number of anilines is 1. The number of halogens is 3. The summed E-state index contributed by atoms with van der Waals surface area (Å²) < 4.78 is 37.4. The van der Waals surface area contributed by atoms with Gasteiger partial charge in [0.2, 0.25) is 0 Å². The lowest BCUT2D eigenvalue weighted by atomic mass is 10.1. The van der Waals surface area contributed by atoms with Crippen molar-refractivity contribution in [2.75, 3.05) is 44.2 Å². The van der Waals surface area contributed by atoms with Crippen LogP contribution in [0, 0.1) is 0 Å². The number of aliphatic hydroxyl groups excluding tert-OH is 1. The second-order valence-electron chi connectivity index (χ2n) is 4.60. The van der Waals surface area contributed by atoms with Gasteiger partial charge in [0, 0.05) is 38.4 Å². The molecule has 1 saturated heterocycles. The zero-order chi connectivity index (χ0) is 13.9. The number of alkyl halides is 3. The van der Waals surface area contributed by atoms with Gasteiger partial charge in [-0.2, -0.15) is 13.2 Å². The van der Waals surface area contributed by atoms with Gasteiger partial charge in [-0.1, -0.05) is 0 Å². The van der Waals surface area contributed by atoms with Gasteiger partial charge in [0.05, 0.1) is 12.2 Å².